The molecule has 5 heteroatoms. The maximum atomic E-state index is 12.3. The Morgan fingerprint density at radius 1 is 1.12 bits per heavy atom. The third-order valence-corrected chi connectivity index (χ3v) is 4.61. The van der Waals surface area contributed by atoms with Crippen molar-refractivity contribution in [2.24, 2.45) is 0 Å². The van der Waals surface area contributed by atoms with Crippen molar-refractivity contribution in [3.8, 4) is 0 Å². The van der Waals surface area contributed by atoms with E-state index in [4.69, 9.17) is 4.74 Å². The van der Waals surface area contributed by atoms with Crippen molar-refractivity contribution in [2.75, 3.05) is 5.32 Å². The van der Waals surface area contributed by atoms with Gasteiger partial charge in [-0.3, -0.25) is 4.79 Å². The molecule has 1 heterocycles. The summed E-state index contributed by atoms with van der Waals surface area (Å²) in [6, 6.07) is 11.5. The molecule has 0 spiro atoms. The van der Waals surface area contributed by atoms with E-state index >= 15 is 0 Å². The molecule has 4 nitrogen and oxygen atoms in total. The highest BCUT2D eigenvalue weighted by Gasteiger charge is 2.18. The summed E-state index contributed by atoms with van der Waals surface area (Å²) in [5.74, 6) is -0.598. The van der Waals surface area contributed by atoms with E-state index in [0.29, 0.717) is 0 Å². The zero-order valence-electron chi connectivity index (χ0n) is 14.9. The first-order valence-corrected chi connectivity index (χ1v) is 9.03. The fourth-order valence-corrected chi connectivity index (χ4v) is 3.09. The molecule has 0 saturated carbocycles. The number of aryl methyl sites for hydroxylation is 1. The number of rotatable bonds is 6. The first-order chi connectivity index (χ1) is 11.9. The summed E-state index contributed by atoms with van der Waals surface area (Å²) >= 11 is 1.59. The Hall–Kier alpha value is -2.40. The van der Waals surface area contributed by atoms with Gasteiger partial charge < -0.3 is 10.1 Å². The summed E-state index contributed by atoms with van der Waals surface area (Å²) in [5.41, 5.74) is 1.79. The van der Waals surface area contributed by atoms with Gasteiger partial charge in [-0.05, 0) is 49.6 Å². The van der Waals surface area contributed by atoms with Gasteiger partial charge in [0.25, 0.3) is 5.91 Å². The first-order valence-electron chi connectivity index (χ1n) is 8.21. The normalized spacial score (nSPS) is 12.4. The van der Waals surface area contributed by atoms with Gasteiger partial charge in [-0.15, -0.1) is 11.3 Å². The van der Waals surface area contributed by atoms with Crippen molar-refractivity contribution in [3.05, 3.63) is 57.8 Å². The lowest BCUT2D eigenvalue weighted by Crippen LogP contribution is -2.29. The Morgan fingerprint density at radius 2 is 1.84 bits per heavy atom. The molecule has 2 rings (SSSR count). The molecule has 0 saturated heterocycles. The lowest BCUT2D eigenvalue weighted by Gasteiger charge is -2.16. The van der Waals surface area contributed by atoms with E-state index in [0.717, 1.165) is 16.1 Å². The zero-order chi connectivity index (χ0) is 18.4. The van der Waals surface area contributed by atoms with E-state index in [1.54, 1.807) is 24.3 Å². The van der Waals surface area contributed by atoms with Gasteiger partial charge in [0.1, 0.15) is 0 Å². The standard InChI is InChI=1S/C20H23NO3S/c1-13(2)17-7-5-6-8-18(17)21-20(23)15(4)24-19(22)12-11-16-10-9-14(3)25-16/h5-13,15H,1-4H3,(H,21,23)/b12-11+/t15-/m1/s1. The Labute approximate surface area is 152 Å². The third kappa shape index (κ3) is 5.57. The number of ether oxygens (including phenoxy) is 1. The van der Waals surface area contributed by atoms with E-state index in [1.807, 2.05) is 43.3 Å². The highest BCUT2D eigenvalue weighted by atomic mass is 32.1. The Kier molecular flexibility index (Phi) is 6.53. The van der Waals surface area contributed by atoms with Gasteiger partial charge in [-0.2, -0.15) is 0 Å². The topological polar surface area (TPSA) is 55.4 Å². The van der Waals surface area contributed by atoms with Crippen LogP contribution in [0.25, 0.3) is 6.08 Å². The first kappa shape index (κ1) is 18.9. The van der Waals surface area contributed by atoms with Crippen LogP contribution in [-0.2, 0) is 14.3 Å². The number of hydrogen-bond acceptors (Lipinski definition) is 4. The predicted octanol–water partition coefficient (Wildman–Crippen LogP) is 4.76. The Morgan fingerprint density at radius 3 is 2.48 bits per heavy atom. The van der Waals surface area contributed by atoms with Crippen LogP contribution in [0.1, 0.15) is 42.0 Å². The number of nitrogens with one attached hydrogen (secondary N) is 1. The van der Waals surface area contributed by atoms with Gasteiger partial charge in [-0.25, -0.2) is 4.79 Å². The zero-order valence-corrected chi connectivity index (χ0v) is 15.7. The number of anilines is 1. The van der Waals surface area contributed by atoms with E-state index < -0.39 is 12.1 Å². The van der Waals surface area contributed by atoms with Crippen LogP contribution in [0.3, 0.4) is 0 Å². The van der Waals surface area contributed by atoms with Crippen LogP contribution < -0.4 is 5.32 Å². The second-order valence-electron chi connectivity index (χ2n) is 6.09. The van der Waals surface area contributed by atoms with E-state index in [2.05, 4.69) is 19.2 Å². The molecule has 0 bridgehead atoms. The van der Waals surface area contributed by atoms with Gasteiger partial charge in [0.05, 0.1) is 0 Å². The largest absolute Gasteiger partial charge is 0.449 e. The average Bonchev–Trinajstić information content (AvgIpc) is 2.98. The minimum Gasteiger partial charge on any atom is -0.449 e. The second kappa shape index (κ2) is 8.62. The van der Waals surface area contributed by atoms with Crippen LogP contribution in [0.4, 0.5) is 5.69 Å². The number of hydrogen-bond donors (Lipinski definition) is 1. The maximum absolute atomic E-state index is 12.3. The molecule has 132 valence electrons. The molecule has 0 fully saturated rings. The van der Waals surface area contributed by atoms with Crippen LogP contribution >= 0.6 is 11.3 Å². The molecule has 0 unspecified atom stereocenters. The van der Waals surface area contributed by atoms with Gasteiger partial charge in [-0.1, -0.05) is 32.0 Å². The summed E-state index contributed by atoms with van der Waals surface area (Å²) in [5, 5.41) is 2.84. The van der Waals surface area contributed by atoms with Crippen LogP contribution in [0.15, 0.2) is 42.5 Å². The van der Waals surface area contributed by atoms with Crippen molar-refractivity contribution in [1.82, 2.24) is 0 Å². The van der Waals surface area contributed by atoms with Crippen molar-refractivity contribution in [1.29, 1.82) is 0 Å². The monoisotopic (exact) mass is 357 g/mol. The van der Waals surface area contributed by atoms with Crippen LogP contribution in [0.2, 0.25) is 0 Å². The molecular weight excluding hydrogens is 334 g/mol. The maximum Gasteiger partial charge on any atom is 0.331 e. The van der Waals surface area contributed by atoms with Crippen LogP contribution in [-0.4, -0.2) is 18.0 Å². The molecule has 1 aromatic heterocycles. The second-order valence-corrected chi connectivity index (χ2v) is 7.41. The molecular formula is C20H23NO3S. The van der Waals surface area contributed by atoms with Gasteiger partial charge in [0, 0.05) is 21.5 Å². The lowest BCUT2D eigenvalue weighted by molar-refractivity contribution is -0.148. The number of amides is 1. The molecule has 1 N–H and O–H groups in total. The summed E-state index contributed by atoms with van der Waals surface area (Å²) < 4.78 is 5.18. The van der Waals surface area contributed by atoms with Crippen LogP contribution in [0.5, 0.6) is 0 Å². The minimum atomic E-state index is -0.873. The smallest absolute Gasteiger partial charge is 0.331 e. The number of carbonyl (C=O) groups excluding carboxylic acids is 2. The summed E-state index contributed by atoms with van der Waals surface area (Å²) in [6.07, 6.45) is 2.16. The molecule has 1 atom stereocenters. The van der Waals surface area contributed by atoms with Gasteiger partial charge in [0.15, 0.2) is 6.10 Å². The van der Waals surface area contributed by atoms with Gasteiger partial charge in [0.2, 0.25) is 0 Å². The molecule has 25 heavy (non-hydrogen) atoms. The number of para-hydroxylation sites is 1. The summed E-state index contributed by atoms with van der Waals surface area (Å²) in [4.78, 5) is 26.3. The highest BCUT2D eigenvalue weighted by molar-refractivity contribution is 7.12. The lowest BCUT2D eigenvalue weighted by atomic mass is 10.0. The molecule has 0 aliphatic heterocycles. The van der Waals surface area contributed by atoms with Crippen molar-refractivity contribution in [2.45, 2.75) is 39.7 Å². The molecule has 1 amide bonds. The van der Waals surface area contributed by atoms with Gasteiger partial charge >= 0.3 is 5.97 Å². The molecule has 1 aromatic carbocycles. The van der Waals surface area contributed by atoms with Crippen molar-refractivity contribution >= 4 is 35.0 Å². The SMILES string of the molecule is Cc1ccc(/C=C/C(=O)O[C@H](C)C(=O)Nc2ccccc2C(C)C)s1. The minimum absolute atomic E-state index is 0.284. The third-order valence-electron chi connectivity index (χ3n) is 3.65. The average molecular weight is 357 g/mol. The molecule has 0 aliphatic carbocycles. The fourth-order valence-electron chi connectivity index (χ4n) is 2.31. The van der Waals surface area contributed by atoms with E-state index in [9.17, 15) is 9.59 Å². The number of benzene rings is 1. The summed E-state index contributed by atoms with van der Waals surface area (Å²) in [7, 11) is 0. The fraction of sp³-hybridized carbons (Fsp3) is 0.300. The predicted molar refractivity (Wildman–Crippen MR) is 103 cm³/mol. The number of carbonyl (C=O) groups is 2. The van der Waals surface area contributed by atoms with Crippen LogP contribution in [0, 0.1) is 6.92 Å². The molecule has 0 aliphatic rings. The van der Waals surface area contributed by atoms with Crippen molar-refractivity contribution < 1.29 is 14.3 Å². The Bertz CT molecular complexity index is 777. The molecule has 0 radical (unpaired) electrons. The van der Waals surface area contributed by atoms with E-state index in [1.165, 1.54) is 11.0 Å². The van der Waals surface area contributed by atoms with E-state index in [-0.39, 0.29) is 11.8 Å². The highest BCUT2D eigenvalue weighted by Crippen LogP contribution is 2.24. The number of thiophene rings is 1. The Balaban J connectivity index is 1.94. The van der Waals surface area contributed by atoms with Crippen molar-refractivity contribution in [3.63, 3.8) is 0 Å². The number of esters is 1. The molecule has 2 aromatic rings. The quantitative estimate of drug-likeness (QED) is 0.599. The summed E-state index contributed by atoms with van der Waals surface area (Å²) in [6.45, 7) is 7.69.